The van der Waals surface area contributed by atoms with Gasteiger partial charge in [0.25, 0.3) is 0 Å². The molecule has 1 amide bonds. The molecule has 0 aromatic carbocycles. The second-order valence-corrected chi connectivity index (χ2v) is 5.17. The van der Waals surface area contributed by atoms with Gasteiger partial charge in [0.15, 0.2) is 0 Å². The van der Waals surface area contributed by atoms with Crippen molar-refractivity contribution >= 4 is 6.09 Å². The smallest absolute Gasteiger partial charge is 0.410 e. The largest absolute Gasteiger partial charge is 0.444 e. The standard InChI is InChI=1S/C11H23N3O2/c1-11(2,3)16-10(15)14-6-4-5-13-9(7-12)8-14/h9,13H,4-8,12H2,1-3H3. The molecule has 5 nitrogen and oxygen atoms in total. The lowest BCUT2D eigenvalue weighted by Crippen LogP contribution is -2.46. The second kappa shape index (κ2) is 5.50. The highest BCUT2D eigenvalue weighted by Crippen LogP contribution is 2.11. The van der Waals surface area contributed by atoms with Crippen LogP contribution in [0.25, 0.3) is 0 Å². The van der Waals surface area contributed by atoms with Gasteiger partial charge < -0.3 is 20.7 Å². The third kappa shape index (κ3) is 4.37. The van der Waals surface area contributed by atoms with Gasteiger partial charge in [-0.2, -0.15) is 0 Å². The number of ether oxygens (including phenoxy) is 1. The number of carbonyl (C=O) groups excluding carboxylic acids is 1. The monoisotopic (exact) mass is 229 g/mol. The van der Waals surface area contributed by atoms with Gasteiger partial charge in [0, 0.05) is 25.7 Å². The summed E-state index contributed by atoms with van der Waals surface area (Å²) in [4.78, 5) is 13.6. The average Bonchev–Trinajstić information content (AvgIpc) is 2.39. The molecule has 1 atom stereocenters. The van der Waals surface area contributed by atoms with Crippen LogP contribution < -0.4 is 11.1 Å². The van der Waals surface area contributed by atoms with E-state index in [0.717, 1.165) is 19.5 Å². The van der Waals surface area contributed by atoms with E-state index in [-0.39, 0.29) is 12.1 Å². The predicted octanol–water partition coefficient (Wildman–Crippen LogP) is 0.544. The van der Waals surface area contributed by atoms with Gasteiger partial charge in [0.05, 0.1) is 0 Å². The van der Waals surface area contributed by atoms with Crippen LogP contribution in [-0.4, -0.2) is 48.8 Å². The van der Waals surface area contributed by atoms with Crippen LogP contribution in [0.5, 0.6) is 0 Å². The van der Waals surface area contributed by atoms with Crippen molar-refractivity contribution in [2.24, 2.45) is 5.73 Å². The minimum atomic E-state index is -0.435. The molecular weight excluding hydrogens is 206 g/mol. The average molecular weight is 229 g/mol. The fourth-order valence-corrected chi connectivity index (χ4v) is 1.65. The number of hydrogen-bond acceptors (Lipinski definition) is 4. The number of nitrogens with two attached hydrogens (primary N) is 1. The molecule has 1 rings (SSSR count). The molecule has 0 radical (unpaired) electrons. The second-order valence-electron chi connectivity index (χ2n) is 5.17. The number of hydrogen-bond donors (Lipinski definition) is 2. The maximum atomic E-state index is 11.9. The Labute approximate surface area is 97.3 Å². The van der Waals surface area contributed by atoms with Crippen molar-refractivity contribution in [1.82, 2.24) is 10.2 Å². The molecule has 0 aliphatic carbocycles. The molecule has 0 bridgehead atoms. The molecule has 1 unspecified atom stereocenters. The fourth-order valence-electron chi connectivity index (χ4n) is 1.65. The summed E-state index contributed by atoms with van der Waals surface area (Å²) < 4.78 is 5.34. The zero-order chi connectivity index (χ0) is 12.2. The van der Waals surface area contributed by atoms with Gasteiger partial charge in [-0.05, 0) is 33.7 Å². The lowest BCUT2D eigenvalue weighted by molar-refractivity contribution is 0.0249. The first-order chi connectivity index (χ1) is 7.42. The van der Waals surface area contributed by atoms with Crippen molar-refractivity contribution in [2.45, 2.75) is 38.8 Å². The van der Waals surface area contributed by atoms with Crippen LogP contribution in [0, 0.1) is 0 Å². The summed E-state index contributed by atoms with van der Waals surface area (Å²) in [5, 5.41) is 3.30. The molecule has 1 fully saturated rings. The Morgan fingerprint density at radius 1 is 1.56 bits per heavy atom. The molecule has 0 aromatic heterocycles. The van der Waals surface area contributed by atoms with Crippen LogP contribution in [0.4, 0.5) is 4.79 Å². The van der Waals surface area contributed by atoms with E-state index in [9.17, 15) is 4.79 Å². The summed E-state index contributed by atoms with van der Waals surface area (Å²) in [6, 6.07) is 0.176. The van der Waals surface area contributed by atoms with Crippen molar-refractivity contribution in [3.8, 4) is 0 Å². The van der Waals surface area contributed by atoms with Crippen LogP contribution in [0.3, 0.4) is 0 Å². The summed E-state index contributed by atoms with van der Waals surface area (Å²) in [6.45, 7) is 8.44. The minimum Gasteiger partial charge on any atom is -0.444 e. The first-order valence-corrected chi connectivity index (χ1v) is 5.84. The maximum absolute atomic E-state index is 11.9. The highest BCUT2D eigenvalue weighted by Gasteiger charge is 2.25. The van der Waals surface area contributed by atoms with E-state index in [1.807, 2.05) is 20.8 Å². The Morgan fingerprint density at radius 2 is 2.25 bits per heavy atom. The van der Waals surface area contributed by atoms with Crippen LogP contribution >= 0.6 is 0 Å². The molecule has 1 heterocycles. The van der Waals surface area contributed by atoms with Crippen molar-refractivity contribution in [3.63, 3.8) is 0 Å². The normalized spacial score (nSPS) is 22.8. The molecule has 1 saturated heterocycles. The minimum absolute atomic E-state index is 0.176. The summed E-state index contributed by atoms with van der Waals surface area (Å²) in [7, 11) is 0. The molecule has 0 saturated carbocycles. The summed E-state index contributed by atoms with van der Waals surface area (Å²) in [5.41, 5.74) is 5.19. The zero-order valence-electron chi connectivity index (χ0n) is 10.5. The Morgan fingerprint density at radius 3 is 2.81 bits per heavy atom. The van der Waals surface area contributed by atoms with E-state index in [0.29, 0.717) is 13.1 Å². The first-order valence-electron chi connectivity index (χ1n) is 5.84. The van der Waals surface area contributed by atoms with Gasteiger partial charge in [-0.3, -0.25) is 0 Å². The van der Waals surface area contributed by atoms with Crippen molar-refractivity contribution < 1.29 is 9.53 Å². The van der Waals surface area contributed by atoms with E-state index >= 15 is 0 Å². The molecule has 1 aliphatic rings. The van der Waals surface area contributed by atoms with Crippen LogP contribution in [0.1, 0.15) is 27.2 Å². The molecule has 5 heteroatoms. The quantitative estimate of drug-likeness (QED) is 0.689. The van der Waals surface area contributed by atoms with Crippen LogP contribution in [-0.2, 0) is 4.74 Å². The highest BCUT2D eigenvalue weighted by atomic mass is 16.6. The van der Waals surface area contributed by atoms with Crippen molar-refractivity contribution in [1.29, 1.82) is 0 Å². The SMILES string of the molecule is CC(C)(C)OC(=O)N1CCCNC(CN)C1. The van der Waals surface area contributed by atoms with Gasteiger partial charge in [0.2, 0.25) is 0 Å². The highest BCUT2D eigenvalue weighted by molar-refractivity contribution is 5.68. The van der Waals surface area contributed by atoms with E-state index in [1.165, 1.54) is 0 Å². The number of rotatable bonds is 1. The number of nitrogens with one attached hydrogen (secondary N) is 1. The third-order valence-corrected chi connectivity index (χ3v) is 2.41. The molecular formula is C11H23N3O2. The van der Waals surface area contributed by atoms with Gasteiger partial charge >= 0.3 is 6.09 Å². The van der Waals surface area contributed by atoms with Crippen LogP contribution in [0.2, 0.25) is 0 Å². The van der Waals surface area contributed by atoms with E-state index in [1.54, 1.807) is 4.90 Å². The van der Waals surface area contributed by atoms with Gasteiger partial charge in [-0.1, -0.05) is 0 Å². The van der Waals surface area contributed by atoms with Crippen LogP contribution in [0.15, 0.2) is 0 Å². The van der Waals surface area contributed by atoms with Gasteiger partial charge in [-0.25, -0.2) is 4.79 Å². The Hall–Kier alpha value is -0.810. The van der Waals surface area contributed by atoms with Crippen molar-refractivity contribution in [2.75, 3.05) is 26.2 Å². The van der Waals surface area contributed by atoms with Gasteiger partial charge in [0.1, 0.15) is 5.60 Å². The van der Waals surface area contributed by atoms with E-state index in [2.05, 4.69) is 5.32 Å². The fraction of sp³-hybridized carbons (Fsp3) is 0.909. The molecule has 0 spiro atoms. The molecule has 0 aromatic rings. The first kappa shape index (κ1) is 13.3. The number of carbonyl (C=O) groups is 1. The molecule has 3 N–H and O–H groups in total. The molecule has 16 heavy (non-hydrogen) atoms. The van der Waals surface area contributed by atoms with Crippen molar-refractivity contribution in [3.05, 3.63) is 0 Å². The number of amides is 1. The zero-order valence-corrected chi connectivity index (χ0v) is 10.5. The molecule has 94 valence electrons. The lowest BCUT2D eigenvalue weighted by atomic mass is 10.2. The Bertz CT molecular complexity index is 238. The summed E-state index contributed by atoms with van der Waals surface area (Å²) >= 11 is 0. The Balaban J connectivity index is 2.53. The third-order valence-electron chi connectivity index (χ3n) is 2.41. The van der Waals surface area contributed by atoms with Gasteiger partial charge in [-0.15, -0.1) is 0 Å². The lowest BCUT2D eigenvalue weighted by Gasteiger charge is -2.27. The number of nitrogens with zero attached hydrogens (tertiary/aromatic N) is 1. The maximum Gasteiger partial charge on any atom is 0.410 e. The molecule has 1 aliphatic heterocycles. The topological polar surface area (TPSA) is 67.6 Å². The summed E-state index contributed by atoms with van der Waals surface area (Å²) in [5.74, 6) is 0. The Kier molecular flexibility index (Phi) is 4.56. The predicted molar refractivity (Wildman–Crippen MR) is 63.3 cm³/mol. The van der Waals surface area contributed by atoms with E-state index < -0.39 is 5.60 Å². The summed E-state index contributed by atoms with van der Waals surface area (Å²) in [6.07, 6.45) is 0.699. The van der Waals surface area contributed by atoms with E-state index in [4.69, 9.17) is 10.5 Å².